The largest absolute Gasteiger partial charge is 0.389 e. The molecule has 2 heteroatoms. The van der Waals surface area contributed by atoms with E-state index in [4.69, 9.17) is 4.74 Å². The Kier molecular flexibility index (Phi) is 1.74. The van der Waals surface area contributed by atoms with Crippen molar-refractivity contribution in [3.63, 3.8) is 0 Å². The summed E-state index contributed by atoms with van der Waals surface area (Å²) in [6.45, 7) is 6.56. The van der Waals surface area contributed by atoms with Gasteiger partial charge in [0.1, 0.15) is 0 Å². The van der Waals surface area contributed by atoms with Gasteiger partial charge in [0.15, 0.2) is 0 Å². The first-order valence-electron chi connectivity index (χ1n) is 7.30. The second-order valence-corrected chi connectivity index (χ2v) is 7.99. The van der Waals surface area contributed by atoms with E-state index in [9.17, 15) is 5.11 Å². The normalized spacial score (nSPS) is 59.9. The highest BCUT2D eigenvalue weighted by Gasteiger charge is 2.86. The van der Waals surface area contributed by atoms with E-state index >= 15 is 0 Å². The minimum Gasteiger partial charge on any atom is -0.389 e. The maximum Gasteiger partial charge on any atom is 0.0873 e. The van der Waals surface area contributed by atoms with Gasteiger partial charge < -0.3 is 9.84 Å². The Balaban J connectivity index is 1.82. The van der Waals surface area contributed by atoms with Crippen LogP contribution in [0.2, 0.25) is 0 Å². The average Bonchev–Trinajstić information content (AvgIpc) is 2.54. The molecular weight excluding hydrogens is 224 g/mol. The zero-order valence-electron chi connectivity index (χ0n) is 11.9. The predicted molar refractivity (Wildman–Crippen MR) is 70.0 cm³/mol. The molecule has 1 spiro atoms. The van der Waals surface area contributed by atoms with Gasteiger partial charge in [-0.2, -0.15) is 0 Å². The van der Waals surface area contributed by atoms with Gasteiger partial charge in [0.2, 0.25) is 0 Å². The van der Waals surface area contributed by atoms with Crippen LogP contribution in [-0.2, 0) is 4.74 Å². The fourth-order valence-electron chi connectivity index (χ4n) is 6.00. The maximum atomic E-state index is 11.3. The molecule has 3 fully saturated rings. The summed E-state index contributed by atoms with van der Waals surface area (Å²) in [5.74, 6) is 1.71. The Bertz CT molecular complexity index is 449. The van der Waals surface area contributed by atoms with E-state index < -0.39 is 5.60 Å². The van der Waals surface area contributed by atoms with E-state index in [1.165, 1.54) is 0 Å². The van der Waals surface area contributed by atoms with Gasteiger partial charge in [-0.3, -0.25) is 0 Å². The van der Waals surface area contributed by atoms with Crippen molar-refractivity contribution >= 4 is 0 Å². The second kappa shape index (κ2) is 2.73. The number of fused-ring (bicyclic) bond motifs is 1. The van der Waals surface area contributed by atoms with Gasteiger partial charge in [-0.25, -0.2) is 0 Å². The molecular formula is C16H24O2. The molecule has 100 valence electrons. The first kappa shape index (κ1) is 11.5. The van der Waals surface area contributed by atoms with Gasteiger partial charge in [0, 0.05) is 24.4 Å². The number of rotatable bonds is 1. The van der Waals surface area contributed by atoms with Crippen LogP contribution in [-0.4, -0.2) is 23.4 Å². The third-order valence-electron chi connectivity index (χ3n) is 6.94. The fraction of sp³-hybridized carbons (Fsp3) is 0.875. The molecule has 0 aromatic heterocycles. The van der Waals surface area contributed by atoms with Crippen molar-refractivity contribution in [1.82, 2.24) is 0 Å². The van der Waals surface area contributed by atoms with Gasteiger partial charge in [-0.1, -0.05) is 32.9 Å². The summed E-state index contributed by atoms with van der Waals surface area (Å²) in [4.78, 5) is 0. The second-order valence-electron chi connectivity index (χ2n) is 7.99. The minimum absolute atomic E-state index is 0.0429. The van der Waals surface area contributed by atoms with Gasteiger partial charge in [-0.05, 0) is 30.6 Å². The van der Waals surface area contributed by atoms with E-state index in [-0.39, 0.29) is 16.4 Å². The summed E-state index contributed by atoms with van der Waals surface area (Å²) in [6, 6.07) is 0. The lowest BCUT2D eigenvalue weighted by Crippen LogP contribution is -2.50. The molecule has 3 saturated carbocycles. The molecule has 2 nitrogen and oxygen atoms in total. The summed E-state index contributed by atoms with van der Waals surface area (Å²) in [5.41, 5.74) is -0.365. The van der Waals surface area contributed by atoms with E-state index in [0.717, 1.165) is 19.3 Å². The van der Waals surface area contributed by atoms with Gasteiger partial charge in [0.25, 0.3) is 0 Å². The van der Waals surface area contributed by atoms with Crippen LogP contribution in [0.1, 0.15) is 40.0 Å². The molecule has 0 radical (unpaired) electrons. The van der Waals surface area contributed by atoms with Gasteiger partial charge in [0.05, 0.1) is 11.2 Å². The number of ether oxygens (including phenoxy) is 1. The SMILES string of the molecule is CO[C@@]12C3C=CC14CC[C@](O)(C(C)(C)C)C4CC32. The molecule has 0 heterocycles. The van der Waals surface area contributed by atoms with Crippen molar-refractivity contribution in [3.05, 3.63) is 12.2 Å². The number of aliphatic hydroxyl groups is 1. The fourth-order valence-corrected chi connectivity index (χ4v) is 6.00. The molecule has 4 aliphatic carbocycles. The average molecular weight is 248 g/mol. The molecule has 4 rings (SSSR count). The smallest absolute Gasteiger partial charge is 0.0873 e. The van der Waals surface area contributed by atoms with Crippen LogP contribution < -0.4 is 0 Å². The Morgan fingerprint density at radius 2 is 2.00 bits per heavy atom. The highest BCUT2D eigenvalue weighted by Crippen LogP contribution is 2.83. The lowest BCUT2D eigenvalue weighted by atomic mass is 9.65. The van der Waals surface area contributed by atoms with Crippen molar-refractivity contribution in [2.24, 2.45) is 28.6 Å². The van der Waals surface area contributed by atoms with E-state index in [2.05, 4.69) is 32.9 Å². The highest BCUT2D eigenvalue weighted by atomic mass is 16.5. The van der Waals surface area contributed by atoms with Crippen molar-refractivity contribution < 1.29 is 9.84 Å². The van der Waals surface area contributed by atoms with Crippen LogP contribution in [0, 0.1) is 28.6 Å². The third kappa shape index (κ3) is 0.830. The van der Waals surface area contributed by atoms with Crippen LogP contribution in [0.4, 0.5) is 0 Å². The Morgan fingerprint density at radius 1 is 1.28 bits per heavy atom. The quantitative estimate of drug-likeness (QED) is 0.723. The summed E-state index contributed by atoms with van der Waals surface area (Å²) in [5, 5.41) is 11.3. The van der Waals surface area contributed by atoms with Crippen LogP contribution >= 0.6 is 0 Å². The van der Waals surface area contributed by atoms with E-state index in [1.807, 2.05) is 7.11 Å². The molecule has 18 heavy (non-hydrogen) atoms. The Labute approximate surface area is 109 Å². The van der Waals surface area contributed by atoms with Crippen molar-refractivity contribution in [2.45, 2.75) is 51.2 Å². The summed E-state index contributed by atoms with van der Waals surface area (Å²) in [6.07, 6.45) is 7.96. The molecule has 0 aromatic carbocycles. The van der Waals surface area contributed by atoms with Crippen molar-refractivity contribution in [2.75, 3.05) is 7.11 Å². The van der Waals surface area contributed by atoms with Gasteiger partial charge >= 0.3 is 0 Å². The van der Waals surface area contributed by atoms with E-state index in [0.29, 0.717) is 17.8 Å². The molecule has 4 aliphatic rings. The summed E-state index contributed by atoms with van der Waals surface area (Å²) < 4.78 is 6.00. The van der Waals surface area contributed by atoms with Crippen LogP contribution in [0.25, 0.3) is 0 Å². The van der Waals surface area contributed by atoms with Crippen molar-refractivity contribution in [3.8, 4) is 0 Å². The number of methoxy groups -OCH3 is 1. The molecule has 1 N–H and O–H groups in total. The topological polar surface area (TPSA) is 29.5 Å². The van der Waals surface area contributed by atoms with Crippen LogP contribution in [0.5, 0.6) is 0 Å². The molecule has 0 amide bonds. The first-order valence-corrected chi connectivity index (χ1v) is 7.30. The molecule has 4 unspecified atom stereocenters. The minimum atomic E-state index is -0.523. The highest BCUT2D eigenvalue weighted by molar-refractivity contribution is 5.45. The summed E-state index contributed by atoms with van der Waals surface area (Å²) >= 11 is 0. The Morgan fingerprint density at radius 3 is 2.61 bits per heavy atom. The zero-order valence-corrected chi connectivity index (χ0v) is 11.9. The van der Waals surface area contributed by atoms with Gasteiger partial charge in [-0.15, -0.1) is 0 Å². The Hall–Kier alpha value is -0.340. The maximum absolute atomic E-state index is 11.3. The molecule has 0 saturated heterocycles. The summed E-state index contributed by atoms with van der Waals surface area (Å²) in [7, 11) is 1.87. The van der Waals surface area contributed by atoms with Crippen LogP contribution in [0.3, 0.4) is 0 Å². The molecule has 0 aliphatic heterocycles. The number of hydrogen-bond donors (Lipinski definition) is 1. The van der Waals surface area contributed by atoms with E-state index in [1.54, 1.807) is 0 Å². The lowest BCUT2D eigenvalue weighted by molar-refractivity contribution is -0.111. The standard InChI is InChI=1S/C16H24O2/c1-13(2,3)15(17)8-7-14-6-5-10-11(9-12(14)15)16(10,14)18-4/h5-6,10-12,17H,7-9H2,1-4H3/t10?,11?,12?,14?,15-,16-/m1/s1. The van der Waals surface area contributed by atoms with Crippen molar-refractivity contribution in [1.29, 1.82) is 0 Å². The lowest BCUT2D eigenvalue weighted by Gasteiger charge is -2.45. The first-order chi connectivity index (χ1) is 8.33. The molecule has 0 bridgehead atoms. The molecule has 6 atom stereocenters. The predicted octanol–water partition coefficient (Wildman–Crippen LogP) is 2.76. The monoisotopic (exact) mass is 248 g/mol. The zero-order chi connectivity index (χ0) is 13.0. The third-order valence-corrected chi connectivity index (χ3v) is 6.94. The van der Waals surface area contributed by atoms with Crippen LogP contribution in [0.15, 0.2) is 12.2 Å². The molecule has 0 aromatic rings. The number of hydrogen-bond acceptors (Lipinski definition) is 2.